The van der Waals surface area contributed by atoms with E-state index in [-0.39, 0.29) is 25.2 Å². The number of hydrogen-bond donors (Lipinski definition) is 0. The lowest BCUT2D eigenvalue weighted by molar-refractivity contribution is 0.0889. The summed E-state index contributed by atoms with van der Waals surface area (Å²) in [5.74, 6) is 0.819. The van der Waals surface area contributed by atoms with Crippen molar-refractivity contribution < 1.29 is 14.3 Å². The molecule has 0 aliphatic carbocycles. The fourth-order valence-corrected chi connectivity index (χ4v) is 7.13. The lowest BCUT2D eigenvalue weighted by atomic mass is 10.0. The van der Waals surface area contributed by atoms with Crippen LogP contribution in [-0.4, -0.2) is 84.3 Å². The Morgan fingerprint density at radius 2 is 1.79 bits per heavy atom. The van der Waals surface area contributed by atoms with Crippen LogP contribution < -0.4 is 14.5 Å². The third kappa shape index (κ3) is 6.67. The second-order valence-corrected chi connectivity index (χ2v) is 12.7. The first-order valence-corrected chi connectivity index (χ1v) is 16.6. The Morgan fingerprint density at radius 3 is 2.62 bits per heavy atom. The molecule has 2 unspecified atom stereocenters. The van der Waals surface area contributed by atoms with E-state index in [0.717, 1.165) is 55.0 Å². The zero-order chi connectivity index (χ0) is 32.2. The number of hydrogen-bond acceptors (Lipinski definition) is 9. The molecule has 2 fully saturated rings. The molecule has 0 bridgehead atoms. The molecule has 0 spiro atoms. The molecule has 4 aromatic rings. The van der Waals surface area contributed by atoms with Crippen LogP contribution in [0.3, 0.4) is 0 Å². The summed E-state index contributed by atoms with van der Waals surface area (Å²) in [4.78, 5) is 31.8. The number of aromatic nitrogens is 2. The van der Waals surface area contributed by atoms with Crippen LogP contribution >= 0.6 is 0 Å². The fraction of sp³-hybridized carbons (Fsp3) is 0.405. The Balaban J connectivity index is 1.16. The highest BCUT2D eigenvalue weighted by Crippen LogP contribution is 2.35. The van der Waals surface area contributed by atoms with Gasteiger partial charge < -0.3 is 29.1 Å². The second kappa shape index (κ2) is 13.9. The number of amides is 1. The topological polar surface area (TPSA) is 98.1 Å². The molecule has 3 aliphatic heterocycles. The van der Waals surface area contributed by atoms with Gasteiger partial charge in [0.25, 0.3) is 0 Å². The predicted molar refractivity (Wildman–Crippen MR) is 181 cm³/mol. The number of rotatable bonds is 8. The molecule has 2 saturated heterocycles. The van der Waals surface area contributed by atoms with E-state index in [2.05, 4.69) is 70.3 Å². The Hall–Kier alpha value is -4.88. The van der Waals surface area contributed by atoms with E-state index in [9.17, 15) is 10.1 Å². The van der Waals surface area contributed by atoms with Gasteiger partial charge in [0.2, 0.25) is 0 Å². The highest BCUT2D eigenvalue weighted by Gasteiger charge is 2.35. The fourth-order valence-electron chi connectivity index (χ4n) is 7.13. The molecule has 47 heavy (non-hydrogen) atoms. The Labute approximate surface area is 276 Å². The van der Waals surface area contributed by atoms with E-state index in [1.807, 2.05) is 30.3 Å². The van der Waals surface area contributed by atoms with Gasteiger partial charge >= 0.3 is 12.1 Å². The molecular formula is C37H41N7O3. The molecule has 4 heterocycles. The first kappa shape index (κ1) is 30.8. The van der Waals surface area contributed by atoms with Crippen molar-refractivity contribution >= 4 is 28.4 Å². The lowest BCUT2D eigenvalue weighted by Gasteiger charge is -2.42. The number of piperazine rings is 1. The molecule has 3 aliphatic rings. The molecular weight excluding hydrogens is 590 g/mol. The smallest absolute Gasteiger partial charge is 0.410 e. The summed E-state index contributed by atoms with van der Waals surface area (Å²) in [6.07, 6.45) is 2.91. The van der Waals surface area contributed by atoms with Crippen LogP contribution in [0.2, 0.25) is 0 Å². The molecule has 3 aromatic carbocycles. The second-order valence-electron chi connectivity index (χ2n) is 12.7. The summed E-state index contributed by atoms with van der Waals surface area (Å²) in [6.45, 7) is 4.65. The van der Waals surface area contributed by atoms with E-state index in [4.69, 9.17) is 19.4 Å². The van der Waals surface area contributed by atoms with Crippen LogP contribution in [0.1, 0.15) is 36.1 Å². The molecule has 2 atom stereocenters. The van der Waals surface area contributed by atoms with Crippen molar-refractivity contribution in [2.24, 2.45) is 0 Å². The van der Waals surface area contributed by atoms with E-state index in [1.54, 1.807) is 4.90 Å². The quantitative estimate of drug-likeness (QED) is 0.253. The number of carbonyl (C=O) groups excluding carboxylic acids is 1. The minimum atomic E-state index is -0.364. The van der Waals surface area contributed by atoms with Crippen LogP contribution in [-0.2, 0) is 24.3 Å². The average molecular weight is 632 g/mol. The van der Waals surface area contributed by atoms with E-state index in [1.165, 1.54) is 16.5 Å². The Kier molecular flexibility index (Phi) is 9.07. The highest BCUT2D eigenvalue weighted by atomic mass is 16.6. The van der Waals surface area contributed by atoms with Gasteiger partial charge in [-0.3, -0.25) is 0 Å². The number of benzene rings is 3. The van der Waals surface area contributed by atoms with Crippen molar-refractivity contribution in [1.29, 1.82) is 5.26 Å². The van der Waals surface area contributed by atoms with Crippen molar-refractivity contribution in [2.45, 2.75) is 50.9 Å². The van der Waals surface area contributed by atoms with Gasteiger partial charge in [0.1, 0.15) is 19.0 Å². The number of likely N-dealkylation sites (N-methyl/N-ethyl adjacent to an activating group) is 1. The predicted octanol–water partition coefficient (Wildman–Crippen LogP) is 5.41. The standard InChI is InChI=1S/C37H41N7O3/c1-41-19-8-13-30(41)26-46-36-39-33-24-42(34-15-7-12-28-11-5-6-14-31(28)34)20-17-32(33)35(40-36)44-22-21-43(23-29(44)16-18-38)37(45)47-25-27-9-3-2-4-10-27/h2-7,9-12,14-15,29-30H,8,13,16-17,19-26H2,1H3. The van der Waals surface area contributed by atoms with Crippen molar-refractivity contribution in [1.82, 2.24) is 19.8 Å². The van der Waals surface area contributed by atoms with Gasteiger partial charge in [-0.2, -0.15) is 15.2 Å². The van der Waals surface area contributed by atoms with Gasteiger partial charge in [-0.05, 0) is 49.9 Å². The third-order valence-electron chi connectivity index (χ3n) is 9.75. The number of fused-ring (bicyclic) bond motifs is 2. The number of anilines is 2. The molecule has 1 aromatic heterocycles. The van der Waals surface area contributed by atoms with Gasteiger partial charge in [0.15, 0.2) is 0 Å². The van der Waals surface area contributed by atoms with E-state index in [0.29, 0.717) is 44.8 Å². The number of nitriles is 1. The van der Waals surface area contributed by atoms with Gasteiger partial charge in [-0.25, -0.2) is 4.79 Å². The maximum Gasteiger partial charge on any atom is 0.410 e. The van der Waals surface area contributed by atoms with Gasteiger partial charge in [-0.15, -0.1) is 0 Å². The van der Waals surface area contributed by atoms with Crippen molar-refractivity contribution in [3.8, 4) is 12.1 Å². The number of nitrogens with zero attached hydrogens (tertiary/aromatic N) is 7. The van der Waals surface area contributed by atoms with E-state index >= 15 is 0 Å². The van der Waals surface area contributed by atoms with Crippen LogP contribution in [0.15, 0.2) is 72.8 Å². The lowest BCUT2D eigenvalue weighted by Crippen LogP contribution is -2.55. The van der Waals surface area contributed by atoms with Crippen molar-refractivity contribution in [3.05, 3.63) is 89.6 Å². The van der Waals surface area contributed by atoms with E-state index < -0.39 is 0 Å². The summed E-state index contributed by atoms with van der Waals surface area (Å²) in [5, 5.41) is 12.3. The molecule has 10 nitrogen and oxygen atoms in total. The summed E-state index contributed by atoms with van der Waals surface area (Å²) < 4.78 is 12.0. The number of carbonyl (C=O) groups is 1. The zero-order valence-corrected chi connectivity index (χ0v) is 26.9. The Morgan fingerprint density at radius 1 is 0.957 bits per heavy atom. The van der Waals surface area contributed by atoms with Crippen molar-refractivity contribution in [3.63, 3.8) is 0 Å². The molecule has 242 valence electrons. The molecule has 0 N–H and O–H groups in total. The molecule has 0 radical (unpaired) electrons. The average Bonchev–Trinajstić information content (AvgIpc) is 3.53. The number of likely N-dealkylation sites (tertiary alicyclic amines) is 1. The first-order valence-electron chi connectivity index (χ1n) is 16.6. The Bertz CT molecular complexity index is 1760. The largest absolute Gasteiger partial charge is 0.462 e. The zero-order valence-electron chi connectivity index (χ0n) is 26.9. The first-order chi connectivity index (χ1) is 23.1. The highest BCUT2D eigenvalue weighted by molar-refractivity contribution is 5.94. The molecule has 1 amide bonds. The summed E-state index contributed by atoms with van der Waals surface area (Å²) in [5.41, 5.74) is 4.17. The number of ether oxygens (including phenoxy) is 2. The third-order valence-corrected chi connectivity index (χ3v) is 9.75. The van der Waals surface area contributed by atoms with Gasteiger partial charge in [0, 0.05) is 48.9 Å². The summed E-state index contributed by atoms with van der Waals surface area (Å²) >= 11 is 0. The van der Waals surface area contributed by atoms with Crippen LogP contribution in [0.5, 0.6) is 6.01 Å². The minimum Gasteiger partial charge on any atom is -0.462 e. The molecule has 0 saturated carbocycles. The minimum absolute atomic E-state index is 0.215. The van der Waals surface area contributed by atoms with Gasteiger partial charge in [0.05, 0.1) is 30.8 Å². The monoisotopic (exact) mass is 631 g/mol. The maximum absolute atomic E-state index is 13.1. The van der Waals surface area contributed by atoms with Crippen LogP contribution in [0.25, 0.3) is 10.8 Å². The SMILES string of the molecule is CN1CCCC1COc1nc2c(c(N3CCN(C(=O)OCc4ccccc4)CC3CC#N)n1)CCN(c1cccc3ccccc13)C2. The molecule has 10 heteroatoms. The van der Waals surface area contributed by atoms with Crippen molar-refractivity contribution in [2.75, 3.05) is 56.2 Å². The summed E-state index contributed by atoms with van der Waals surface area (Å²) in [7, 11) is 2.14. The normalized spacial score (nSPS) is 19.8. The van der Waals surface area contributed by atoms with Gasteiger partial charge in [-0.1, -0.05) is 66.7 Å². The van der Waals surface area contributed by atoms with Crippen LogP contribution in [0, 0.1) is 11.3 Å². The van der Waals surface area contributed by atoms with Crippen LogP contribution in [0.4, 0.5) is 16.3 Å². The maximum atomic E-state index is 13.1. The molecule has 7 rings (SSSR count). The summed E-state index contributed by atoms with van der Waals surface area (Å²) in [6, 6.07) is 27.4.